The summed E-state index contributed by atoms with van der Waals surface area (Å²) in [6.45, 7) is 6.77. The summed E-state index contributed by atoms with van der Waals surface area (Å²) in [6, 6.07) is 23.5. The molecule has 1 aliphatic carbocycles. The van der Waals surface area contributed by atoms with Gasteiger partial charge in [-0.1, -0.05) is 48.5 Å². The number of phenolic OH excluding ortho intramolecular Hbond substituents is 1. The molecule has 1 N–H and O–H groups in total. The van der Waals surface area contributed by atoms with Crippen molar-refractivity contribution >= 4 is 5.69 Å². The van der Waals surface area contributed by atoms with Crippen LogP contribution >= 0.6 is 0 Å². The van der Waals surface area contributed by atoms with E-state index in [9.17, 15) is 5.11 Å². The van der Waals surface area contributed by atoms with Crippen molar-refractivity contribution in [2.24, 2.45) is 5.92 Å². The number of phenols is 1. The van der Waals surface area contributed by atoms with E-state index in [1.807, 2.05) is 12.1 Å². The van der Waals surface area contributed by atoms with Crippen LogP contribution in [0.5, 0.6) is 11.5 Å². The molecule has 0 radical (unpaired) electrons. The Bertz CT molecular complexity index is 1260. The molecule has 2 heterocycles. The van der Waals surface area contributed by atoms with Crippen molar-refractivity contribution in [3.05, 3.63) is 102 Å². The molecular formula is C33H37NO3. The Labute approximate surface area is 220 Å². The third-order valence-electron chi connectivity index (χ3n) is 8.98. The molecule has 3 aliphatic rings. The number of benzene rings is 3. The average molecular weight is 496 g/mol. The molecule has 37 heavy (non-hydrogen) atoms. The highest BCUT2D eigenvalue weighted by Gasteiger charge is 2.42. The Morgan fingerprint density at radius 1 is 1.03 bits per heavy atom. The Hall–Kier alpha value is -3.24. The fourth-order valence-corrected chi connectivity index (χ4v) is 6.96. The lowest BCUT2D eigenvalue weighted by Gasteiger charge is -2.40. The SMILES string of the molecule is C=CC1COC2(CCN(c3ccc([C@H]4c5ccc(O)cc5CC[C@H]4c4ccccc4)c(OC)c3)CC2)C1. The molecule has 2 saturated heterocycles. The van der Waals surface area contributed by atoms with E-state index in [-0.39, 0.29) is 11.5 Å². The molecule has 2 aliphatic heterocycles. The van der Waals surface area contributed by atoms with Gasteiger partial charge in [0, 0.05) is 42.2 Å². The van der Waals surface area contributed by atoms with Crippen molar-refractivity contribution in [2.75, 3.05) is 31.7 Å². The molecule has 0 saturated carbocycles. The molecule has 2 fully saturated rings. The second-order valence-electron chi connectivity index (χ2n) is 11.0. The van der Waals surface area contributed by atoms with Crippen LogP contribution in [0.25, 0.3) is 0 Å². The Kier molecular flexibility index (Phi) is 6.46. The van der Waals surface area contributed by atoms with Crippen molar-refractivity contribution in [1.82, 2.24) is 0 Å². The lowest BCUT2D eigenvalue weighted by atomic mass is 9.69. The Morgan fingerprint density at radius 2 is 1.81 bits per heavy atom. The zero-order valence-electron chi connectivity index (χ0n) is 21.7. The van der Waals surface area contributed by atoms with Gasteiger partial charge in [-0.2, -0.15) is 0 Å². The van der Waals surface area contributed by atoms with Gasteiger partial charge in [0.05, 0.1) is 19.3 Å². The fraction of sp³-hybridized carbons (Fsp3) is 0.394. The molecule has 1 spiro atoms. The number of hydrogen-bond acceptors (Lipinski definition) is 4. The van der Waals surface area contributed by atoms with Crippen LogP contribution in [0.15, 0.2) is 79.4 Å². The topological polar surface area (TPSA) is 41.9 Å². The van der Waals surface area contributed by atoms with Gasteiger partial charge in [0.25, 0.3) is 0 Å². The number of aromatic hydroxyl groups is 1. The van der Waals surface area contributed by atoms with Crippen LogP contribution in [0.4, 0.5) is 5.69 Å². The molecule has 6 rings (SSSR count). The van der Waals surface area contributed by atoms with Crippen LogP contribution in [0.2, 0.25) is 0 Å². The quantitative estimate of drug-likeness (QED) is 0.394. The highest BCUT2D eigenvalue weighted by molar-refractivity contribution is 5.58. The minimum Gasteiger partial charge on any atom is -0.508 e. The van der Waals surface area contributed by atoms with Gasteiger partial charge in [-0.05, 0) is 72.9 Å². The highest BCUT2D eigenvalue weighted by Crippen LogP contribution is 2.50. The molecule has 3 aromatic rings. The molecule has 0 aromatic heterocycles. The minimum atomic E-state index is 0.0274. The number of nitrogens with zero attached hydrogens (tertiary/aromatic N) is 1. The largest absolute Gasteiger partial charge is 0.508 e. The molecule has 0 bridgehead atoms. The molecule has 4 heteroatoms. The number of fused-ring (bicyclic) bond motifs is 1. The van der Waals surface area contributed by atoms with Crippen molar-refractivity contribution in [1.29, 1.82) is 0 Å². The van der Waals surface area contributed by atoms with E-state index in [1.54, 1.807) is 7.11 Å². The summed E-state index contributed by atoms with van der Waals surface area (Å²) in [7, 11) is 1.79. The number of aryl methyl sites for hydroxylation is 1. The normalized spacial score (nSPS) is 24.6. The van der Waals surface area contributed by atoms with Gasteiger partial charge in [-0.15, -0.1) is 6.58 Å². The van der Waals surface area contributed by atoms with Crippen molar-refractivity contribution < 1.29 is 14.6 Å². The molecule has 3 atom stereocenters. The number of rotatable bonds is 5. The predicted molar refractivity (Wildman–Crippen MR) is 149 cm³/mol. The first-order valence-electron chi connectivity index (χ1n) is 13.7. The standard InChI is InChI=1S/C33H37NO3/c1-3-23-21-33(37-22-23)15-17-34(18-16-33)26-10-13-30(31(20-26)36-2)32-28(24-7-5-4-6-8-24)12-9-25-19-27(35)11-14-29(25)32/h3-8,10-11,13-14,19-20,23,28,32,35H,1,9,12,15-18,21-22H2,2H3/t23?,28-,32+/m0/s1. The van der Waals surface area contributed by atoms with Gasteiger partial charge in [0.15, 0.2) is 0 Å². The summed E-state index contributed by atoms with van der Waals surface area (Å²) < 4.78 is 12.3. The third-order valence-corrected chi connectivity index (χ3v) is 8.98. The van der Waals surface area contributed by atoms with Gasteiger partial charge in [0.2, 0.25) is 0 Å². The smallest absolute Gasteiger partial charge is 0.124 e. The molecule has 192 valence electrons. The second-order valence-corrected chi connectivity index (χ2v) is 11.0. The van der Waals surface area contributed by atoms with Crippen LogP contribution < -0.4 is 9.64 Å². The molecule has 0 amide bonds. The van der Waals surface area contributed by atoms with E-state index < -0.39 is 0 Å². The Morgan fingerprint density at radius 3 is 2.54 bits per heavy atom. The predicted octanol–water partition coefficient (Wildman–Crippen LogP) is 6.82. The maximum Gasteiger partial charge on any atom is 0.124 e. The van der Waals surface area contributed by atoms with Crippen LogP contribution in [0, 0.1) is 5.92 Å². The average Bonchev–Trinajstić information content (AvgIpc) is 3.35. The van der Waals surface area contributed by atoms with E-state index >= 15 is 0 Å². The number of anilines is 1. The molecule has 1 unspecified atom stereocenters. The van der Waals surface area contributed by atoms with Crippen molar-refractivity contribution in [3.63, 3.8) is 0 Å². The fourth-order valence-electron chi connectivity index (χ4n) is 6.96. The maximum absolute atomic E-state index is 10.2. The molecule has 3 aromatic carbocycles. The van der Waals surface area contributed by atoms with E-state index in [0.29, 0.717) is 17.6 Å². The van der Waals surface area contributed by atoms with Gasteiger partial charge < -0.3 is 19.5 Å². The summed E-state index contributed by atoms with van der Waals surface area (Å²) in [5.41, 5.74) is 6.34. The lowest BCUT2D eigenvalue weighted by Crippen LogP contribution is -2.44. The number of methoxy groups -OCH3 is 1. The summed E-state index contributed by atoms with van der Waals surface area (Å²) >= 11 is 0. The van der Waals surface area contributed by atoms with E-state index in [2.05, 4.69) is 72.2 Å². The minimum absolute atomic E-state index is 0.0274. The molecule has 4 nitrogen and oxygen atoms in total. The van der Waals surface area contributed by atoms with Crippen LogP contribution in [0.1, 0.15) is 59.8 Å². The van der Waals surface area contributed by atoms with E-state index in [0.717, 1.165) is 57.6 Å². The summed E-state index contributed by atoms with van der Waals surface area (Å²) in [6.07, 6.45) is 7.26. The number of piperidine rings is 1. The number of hydrogen-bond donors (Lipinski definition) is 1. The lowest BCUT2D eigenvalue weighted by molar-refractivity contribution is -0.0150. The Balaban J connectivity index is 1.32. The molecular weight excluding hydrogens is 458 g/mol. The third kappa shape index (κ3) is 4.53. The second kappa shape index (κ2) is 9.90. The van der Waals surface area contributed by atoms with Crippen LogP contribution in [0.3, 0.4) is 0 Å². The maximum atomic E-state index is 10.2. The first kappa shape index (κ1) is 24.1. The summed E-state index contributed by atoms with van der Waals surface area (Å²) in [5.74, 6) is 2.29. The summed E-state index contributed by atoms with van der Waals surface area (Å²) in [5, 5.41) is 10.2. The monoisotopic (exact) mass is 495 g/mol. The zero-order valence-corrected chi connectivity index (χ0v) is 21.7. The van der Waals surface area contributed by atoms with Gasteiger partial charge in [-0.25, -0.2) is 0 Å². The van der Waals surface area contributed by atoms with Gasteiger partial charge in [0.1, 0.15) is 11.5 Å². The summed E-state index contributed by atoms with van der Waals surface area (Å²) in [4.78, 5) is 2.48. The number of ether oxygens (including phenoxy) is 2. The van der Waals surface area contributed by atoms with E-state index in [4.69, 9.17) is 9.47 Å². The van der Waals surface area contributed by atoms with Crippen LogP contribution in [-0.2, 0) is 11.2 Å². The first-order chi connectivity index (χ1) is 18.1. The van der Waals surface area contributed by atoms with Crippen molar-refractivity contribution in [3.8, 4) is 11.5 Å². The van der Waals surface area contributed by atoms with Crippen molar-refractivity contribution in [2.45, 2.75) is 49.5 Å². The first-order valence-corrected chi connectivity index (χ1v) is 13.7. The van der Waals surface area contributed by atoms with E-state index in [1.165, 1.54) is 27.9 Å². The highest BCUT2D eigenvalue weighted by atomic mass is 16.5. The zero-order chi connectivity index (χ0) is 25.4. The van der Waals surface area contributed by atoms with Gasteiger partial charge in [-0.3, -0.25) is 0 Å². The van der Waals surface area contributed by atoms with Gasteiger partial charge >= 0.3 is 0 Å². The van der Waals surface area contributed by atoms with Crippen LogP contribution in [-0.4, -0.2) is 37.5 Å².